The zero-order valence-electron chi connectivity index (χ0n) is 16.9. The van der Waals surface area contributed by atoms with Gasteiger partial charge in [-0.15, -0.1) is 11.3 Å². The summed E-state index contributed by atoms with van der Waals surface area (Å²) in [5, 5.41) is 7.67. The van der Waals surface area contributed by atoms with Crippen LogP contribution in [0, 0.1) is 5.95 Å². The Balaban J connectivity index is 1.53. The molecule has 3 heterocycles. The molecule has 2 amide bonds. The van der Waals surface area contributed by atoms with E-state index in [4.69, 9.17) is 0 Å². The van der Waals surface area contributed by atoms with Gasteiger partial charge in [0.2, 0.25) is 11.7 Å². The third-order valence-corrected chi connectivity index (χ3v) is 5.77. The second-order valence-electron chi connectivity index (χ2n) is 6.90. The average molecular weight is 434 g/mol. The van der Waals surface area contributed by atoms with Gasteiger partial charge in [0.1, 0.15) is 5.69 Å². The fraction of sp³-hybridized carbons (Fsp3) is 0.400. The van der Waals surface area contributed by atoms with Crippen molar-refractivity contribution in [3.05, 3.63) is 40.8 Å². The lowest BCUT2D eigenvalue weighted by atomic mass is 10.2. The summed E-state index contributed by atoms with van der Waals surface area (Å²) in [4.78, 5) is 42.6. The number of carbonyl (C=O) groups is 3. The van der Waals surface area contributed by atoms with Gasteiger partial charge in [-0.2, -0.15) is 4.39 Å². The summed E-state index contributed by atoms with van der Waals surface area (Å²) in [5.41, 5.74) is 1.50. The summed E-state index contributed by atoms with van der Waals surface area (Å²) < 4.78 is 14.4. The summed E-state index contributed by atoms with van der Waals surface area (Å²) in [7, 11) is 1.48. The SMILES string of the molecule is CCC(=O)C(=O)Nc1cc(CN2CCN(c3ccc(C(=O)NC)nc3F)CC2)cs1. The normalized spacial score (nSPS) is 14.4. The number of thiophene rings is 1. The van der Waals surface area contributed by atoms with Crippen LogP contribution in [0.4, 0.5) is 15.1 Å². The first-order valence-corrected chi connectivity index (χ1v) is 10.6. The number of carbonyl (C=O) groups excluding carboxylic acids is 3. The molecule has 160 valence electrons. The van der Waals surface area contributed by atoms with Gasteiger partial charge in [0.15, 0.2) is 0 Å². The predicted octanol–water partition coefficient (Wildman–Crippen LogP) is 1.88. The van der Waals surface area contributed by atoms with Crippen LogP contribution in [0.3, 0.4) is 0 Å². The van der Waals surface area contributed by atoms with Crippen LogP contribution in [0.15, 0.2) is 23.6 Å². The first kappa shape index (κ1) is 21.8. The van der Waals surface area contributed by atoms with Crippen molar-refractivity contribution in [2.24, 2.45) is 0 Å². The highest BCUT2D eigenvalue weighted by Crippen LogP contribution is 2.24. The lowest BCUT2D eigenvalue weighted by Crippen LogP contribution is -2.46. The van der Waals surface area contributed by atoms with E-state index in [2.05, 4.69) is 20.5 Å². The number of halogens is 1. The maximum Gasteiger partial charge on any atom is 0.292 e. The smallest absolute Gasteiger partial charge is 0.292 e. The first-order chi connectivity index (χ1) is 14.4. The Morgan fingerprint density at radius 2 is 1.93 bits per heavy atom. The fourth-order valence-corrected chi connectivity index (χ4v) is 3.98. The molecular weight excluding hydrogens is 409 g/mol. The molecule has 30 heavy (non-hydrogen) atoms. The molecule has 1 saturated heterocycles. The van der Waals surface area contributed by atoms with E-state index in [1.54, 1.807) is 13.0 Å². The summed E-state index contributed by atoms with van der Waals surface area (Å²) >= 11 is 1.39. The Bertz CT molecular complexity index is 940. The number of rotatable bonds is 7. The van der Waals surface area contributed by atoms with Crippen molar-refractivity contribution >= 4 is 39.6 Å². The number of ketones is 1. The van der Waals surface area contributed by atoms with Gasteiger partial charge in [-0.3, -0.25) is 19.3 Å². The average Bonchev–Trinajstić information content (AvgIpc) is 3.19. The molecule has 0 bridgehead atoms. The number of hydrogen-bond donors (Lipinski definition) is 2. The van der Waals surface area contributed by atoms with Crippen molar-refractivity contribution in [2.45, 2.75) is 19.9 Å². The fourth-order valence-electron chi connectivity index (χ4n) is 3.19. The van der Waals surface area contributed by atoms with Crippen molar-refractivity contribution in [1.82, 2.24) is 15.2 Å². The molecule has 0 atom stereocenters. The van der Waals surface area contributed by atoms with Gasteiger partial charge >= 0.3 is 0 Å². The Morgan fingerprint density at radius 1 is 1.20 bits per heavy atom. The Kier molecular flexibility index (Phi) is 7.11. The molecule has 10 heteroatoms. The molecule has 0 spiro atoms. The Labute approximate surface area is 178 Å². The molecule has 0 aromatic carbocycles. The quantitative estimate of drug-likeness (QED) is 0.512. The number of amides is 2. The number of Topliss-reactive ketones (excluding diaryl/α,β-unsaturated/α-hetero) is 1. The molecule has 1 aliphatic heterocycles. The minimum Gasteiger partial charge on any atom is -0.365 e. The van der Waals surface area contributed by atoms with Crippen LogP contribution in [0.2, 0.25) is 0 Å². The van der Waals surface area contributed by atoms with Crippen molar-refractivity contribution in [1.29, 1.82) is 0 Å². The van der Waals surface area contributed by atoms with Gasteiger partial charge < -0.3 is 15.5 Å². The van der Waals surface area contributed by atoms with Crippen molar-refractivity contribution in [3.8, 4) is 0 Å². The number of nitrogens with zero attached hydrogens (tertiary/aromatic N) is 3. The Hall–Kier alpha value is -2.85. The predicted molar refractivity (Wildman–Crippen MR) is 113 cm³/mol. The van der Waals surface area contributed by atoms with Crippen LogP contribution < -0.4 is 15.5 Å². The van der Waals surface area contributed by atoms with Crippen LogP contribution in [0.25, 0.3) is 0 Å². The van der Waals surface area contributed by atoms with Crippen molar-refractivity contribution in [2.75, 3.05) is 43.4 Å². The van der Waals surface area contributed by atoms with Gasteiger partial charge in [0, 0.05) is 46.2 Å². The van der Waals surface area contributed by atoms with Crippen LogP contribution in [-0.4, -0.2) is 60.7 Å². The minimum absolute atomic E-state index is 0.0541. The lowest BCUT2D eigenvalue weighted by molar-refractivity contribution is -0.134. The molecule has 0 unspecified atom stereocenters. The van der Waals surface area contributed by atoms with E-state index in [1.807, 2.05) is 16.3 Å². The number of nitrogens with one attached hydrogen (secondary N) is 2. The maximum absolute atomic E-state index is 14.4. The molecule has 1 aliphatic rings. The van der Waals surface area contributed by atoms with Crippen LogP contribution >= 0.6 is 11.3 Å². The van der Waals surface area contributed by atoms with Gasteiger partial charge in [-0.25, -0.2) is 4.98 Å². The zero-order chi connectivity index (χ0) is 21.7. The summed E-state index contributed by atoms with van der Waals surface area (Å²) in [6.45, 7) is 5.11. The van der Waals surface area contributed by atoms with Crippen LogP contribution in [0.1, 0.15) is 29.4 Å². The molecule has 0 aliphatic carbocycles. The van der Waals surface area contributed by atoms with Crippen LogP contribution in [0.5, 0.6) is 0 Å². The molecule has 0 saturated carbocycles. The molecule has 0 radical (unpaired) electrons. The van der Waals surface area contributed by atoms with Crippen LogP contribution in [-0.2, 0) is 16.1 Å². The third kappa shape index (κ3) is 5.19. The molecule has 8 nitrogen and oxygen atoms in total. The van der Waals surface area contributed by atoms with Gasteiger partial charge in [-0.1, -0.05) is 6.92 Å². The maximum atomic E-state index is 14.4. The standard InChI is InChI=1S/C20H24FN5O3S/c1-3-16(27)20(29)24-17-10-13(12-30-17)11-25-6-8-26(9-7-25)15-5-4-14(19(28)22-2)23-18(15)21/h4-5,10,12H,3,6-9,11H2,1-2H3,(H,22,28)(H,24,29). The molecule has 1 fully saturated rings. The van der Waals surface area contributed by atoms with Crippen molar-refractivity contribution in [3.63, 3.8) is 0 Å². The third-order valence-electron chi connectivity index (χ3n) is 4.87. The molecule has 2 N–H and O–H groups in total. The van der Waals surface area contributed by atoms with E-state index in [9.17, 15) is 18.8 Å². The first-order valence-electron chi connectivity index (χ1n) is 9.68. The van der Waals surface area contributed by atoms with E-state index < -0.39 is 23.5 Å². The second kappa shape index (κ2) is 9.77. The van der Waals surface area contributed by atoms with Gasteiger partial charge in [0.05, 0.1) is 10.7 Å². The summed E-state index contributed by atoms with van der Waals surface area (Å²) in [6, 6.07) is 4.99. The van der Waals surface area contributed by atoms with E-state index in [-0.39, 0.29) is 12.1 Å². The number of hydrogen-bond acceptors (Lipinski definition) is 7. The van der Waals surface area contributed by atoms with E-state index in [1.165, 1.54) is 24.5 Å². The number of anilines is 2. The second-order valence-corrected chi connectivity index (χ2v) is 7.81. The minimum atomic E-state index is -0.649. The highest BCUT2D eigenvalue weighted by Gasteiger charge is 2.22. The number of pyridine rings is 1. The Morgan fingerprint density at radius 3 is 2.57 bits per heavy atom. The largest absolute Gasteiger partial charge is 0.365 e. The number of aromatic nitrogens is 1. The summed E-state index contributed by atoms with van der Waals surface area (Å²) in [6.07, 6.45) is 0.180. The van der Waals surface area contributed by atoms with E-state index in [0.717, 1.165) is 18.7 Å². The zero-order valence-corrected chi connectivity index (χ0v) is 17.7. The topological polar surface area (TPSA) is 94.6 Å². The van der Waals surface area contributed by atoms with Gasteiger partial charge in [0.25, 0.3) is 11.8 Å². The van der Waals surface area contributed by atoms with Crippen molar-refractivity contribution < 1.29 is 18.8 Å². The summed E-state index contributed by atoms with van der Waals surface area (Å²) in [5.74, 6) is -2.09. The highest BCUT2D eigenvalue weighted by atomic mass is 32.1. The number of piperazine rings is 1. The molecular formula is C20H24FN5O3S. The van der Waals surface area contributed by atoms with E-state index in [0.29, 0.717) is 30.3 Å². The molecule has 2 aromatic heterocycles. The molecule has 3 rings (SSSR count). The van der Waals surface area contributed by atoms with Gasteiger partial charge in [-0.05, 0) is 29.1 Å². The highest BCUT2D eigenvalue weighted by molar-refractivity contribution is 7.14. The monoisotopic (exact) mass is 433 g/mol. The molecule has 2 aromatic rings. The van der Waals surface area contributed by atoms with E-state index >= 15 is 0 Å². The lowest BCUT2D eigenvalue weighted by Gasteiger charge is -2.35.